The lowest BCUT2D eigenvalue weighted by atomic mass is 9.45. The van der Waals surface area contributed by atoms with Crippen molar-refractivity contribution in [2.45, 2.75) is 63.4 Å². The molecule has 2 saturated carbocycles. The molecule has 194 valence electrons. The highest BCUT2D eigenvalue weighted by atomic mass is 32.1. The third-order valence-corrected chi connectivity index (χ3v) is 11.0. The molecule has 6 rings (SSSR count). The van der Waals surface area contributed by atoms with Gasteiger partial charge in [-0.3, -0.25) is 14.4 Å². The Kier molecular flexibility index (Phi) is 5.36. The normalized spacial score (nSPS) is 45.9. The van der Waals surface area contributed by atoms with E-state index in [-0.39, 0.29) is 36.5 Å². The number of aliphatic hydroxyl groups is 2. The SMILES string of the molecule is C[C@]12C=CC(=O)CC1=C(F)C[C@H]1[C@@H]3C[C@H]4CN(Cc5cccs5)O[C@@]4(C(=O)CO)[C@@]3(C)C[C@H](O)[C@@]12F. The van der Waals surface area contributed by atoms with Gasteiger partial charge >= 0.3 is 0 Å². The number of hydrogen-bond donors (Lipinski definition) is 2. The van der Waals surface area contributed by atoms with E-state index in [0.29, 0.717) is 19.5 Å². The monoisotopic (exact) mass is 519 g/mol. The fraction of sp³-hybridized carbons (Fsp3) is 0.630. The second kappa shape index (κ2) is 7.86. The lowest BCUT2D eigenvalue weighted by Gasteiger charge is -2.62. The Hall–Kier alpha value is -1.78. The third-order valence-electron chi connectivity index (χ3n) is 10.2. The first-order valence-corrected chi connectivity index (χ1v) is 13.5. The molecule has 4 aliphatic carbocycles. The standard InChI is InChI=1S/C27H31F2NO5S/c1-24-6-5-16(32)9-20(24)21(28)10-19-18-8-15-12-30(13-17-4-3-7-36-17)35-27(15,23(34)14-31)25(18,2)11-22(33)26(19,24)29/h3-7,15,18-19,22,31,33H,8-14H2,1-2H3/t15-,18-,19-,22-,24-,25-,26-,27-/m0/s1. The predicted molar refractivity (Wildman–Crippen MR) is 128 cm³/mol. The largest absolute Gasteiger partial charge is 0.390 e. The molecule has 0 radical (unpaired) electrons. The molecule has 0 spiro atoms. The van der Waals surface area contributed by atoms with Crippen LogP contribution in [-0.2, 0) is 21.0 Å². The lowest BCUT2D eigenvalue weighted by molar-refractivity contribution is -0.266. The van der Waals surface area contributed by atoms with Crippen LogP contribution in [0.2, 0.25) is 0 Å². The smallest absolute Gasteiger partial charge is 0.192 e. The number of hydroxylamine groups is 2. The second-order valence-corrected chi connectivity index (χ2v) is 12.7. The molecule has 3 fully saturated rings. The molecule has 0 aromatic carbocycles. The highest BCUT2D eigenvalue weighted by molar-refractivity contribution is 7.09. The van der Waals surface area contributed by atoms with Gasteiger partial charge in [0.15, 0.2) is 22.8 Å². The molecule has 5 aliphatic rings. The third kappa shape index (κ3) is 2.84. The van der Waals surface area contributed by atoms with Crippen LogP contribution in [0.4, 0.5) is 8.78 Å². The maximum Gasteiger partial charge on any atom is 0.192 e. The average molecular weight is 520 g/mol. The van der Waals surface area contributed by atoms with Gasteiger partial charge in [0.05, 0.1) is 12.6 Å². The second-order valence-electron chi connectivity index (χ2n) is 11.6. The molecular weight excluding hydrogens is 488 g/mol. The van der Waals surface area contributed by atoms with Gasteiger partial charge in [-0.1, -0.05) is 19.1 Å². The number of carbonyl (C=O) groups excluding carboxylic acids is 2. The molecule has 0 amide bonds. The van der Waals surface area contributed by atoms with Crippen LogP contribution in [0.25, 0.3) is 0 Å². The van der Waals surface area contributed by atoms with Crippen molar-refractivity contribution in [1.29, 1.82) is 0 Å². The van der Waals surface area contributed by atoms with Crippen molar-refractivity contribution in [3.8, 4) is 0 Å². The van der Waals surface area contributed by atoms with E-state index in [0.717, 1.165) is 4.88 Å². The van der Waals surface area contributed by atoms with Crippen molar-refractivity contribution in [3.63, 3.8) is 0 Å². The van der Waals surface area contributed by atoms with Gasteiger partial charge in [-0.2, -0.15) is 5.06 Å². The zero-order valence-electron chi connectivity index (χ0n) is 20.4. The molecule has 2 heterocycles. The number of thiophene rings is 1. The Balaban J connectivity index is 1.43. The summed E-state index contributed by atoms with van der Waals surface area (Å²) in [6, 6.07) is 3.92. The Bertz CT molecular complexity index is 1180. The van der Waals surface area contributed by atoms with Crippen LogP contribution in [0.15, 0.2) is 41.1 Å². The minimum Gasteiger partial charge on any atom is -0.390 e. The number of hydrogen-bond acceptors (Lipinski definition) is 7. The van der Waals surface area contributed by atoms with Crippen LogP contribution >= 0.6 is 11.3 Å². The van der Waals surface area contributed by atoms with Gasteiger partial charge < -0.3 is 10.2 Å². The van der Waals surface area contributed by atoms with Crippen LogP contribution in [0.1, 0.15) is 44.4 Å². The molecule has 1 aromatic rings. The van der Waals surface area contributed by atoms with Crippen LogP contribution in [0.5, 0.6) is 0 Å². The number of aliphatic hydroxyl groups excluding tert-OH is 2. The number of Topliss-reactive ketones (excluding diaryl/α,β-unsaturated/α-hetero) is 1. The van der Waals surface area contributed by atoms with Crippen molar-refractivity contribution in [1.82, 2.24) is 5.06 Å². The zero-order valence-corrected chi connectivity index (χ0v) is 21.2. The molecule has 36 heavy (non-hydrogen) atoms. The van der Waals surface area contributed by atoms with E-state index in [1.807, 2.05) is 24.4 Å². The summed E-state index contributed by atoms with van der Waals surface area (Å²) in [6.07, 6.45) is 1.16. The minimum absolute atomic E-state index is 0.0635. The first kappa shape index (κ1) is 24.6. The fourth-order valence-electron chi connectivity index (χ4n) is 8.58. The van der Waals surface area contributed by atoms with Gasteiger partial charge in [0.1, 0.15) is 12.4 Å². The Labute approximate surface area is 212 Å². The number of nitrogens with zero attached hydrogens (tertiary/aromatic N) is 1. The van der Waals surface area contributed by atoms with Gasteiger partial charge in [-0.05, 0) is 48.8 Å². The Morgan fingerprint density at radius 2 is 2.11 bits per heavy atom. The molecule has 0 bridgehead atoms. The highest BCUT2D eigenvalue weighted by Crippen LogP contribution is 2.72. The molecule has 0 unspecified atom stereocenters. The van der Waals surface area contributed by atoms with E-state index < -0.39 is 58.3 Å². The van der Waals surface area contributed by atoms with Crippen LogP contribution < -0.4 is 0 Å². The predicted octanol–water partition coefficient (Wildman–Crippen LogP) is 3.69. The van der Waals surface area contributed by atoms with E-state index in [9.17, 15) is 19.8 Å². The number of fused-ring (bicyclic) bond motifs is 7. The summed E-state index contributed by atoms with van der Waals surface area (Å²) in [6.45, 7) is 3.59. The molecule has 1 aliphatic heterocycles. The quantitative estimate of drug-likeness (QED) is 0.631. The van der Waals surface area contributed by atoms with Crippen molar-refractivity contribution in [2.24, 2.45) is 28.6 Å². The zero-order chi connectivity index (χ0) is 25.7. The highest BCUT2D eigenvalue weighted by Gasteiger charge is 2.79. The molecule has 9 heteroatoms. The van der Waals surface area contributed by atoms with Gasteiger partial charge in [0, 0.05) is 46.9 Å². The van der Waals surface area contributed by atoms with Crippen molar-refractivity contribution < 1.29 is 33.4 Å². The summed E-state index contributed by atoms with van der Waals surface area (Å²) in [5, 5.41) is 25.2. The van der Waals surface area contributed by atoms with Gasteiger partial charge in [0.25, 0.3) is 0 Å². The lowest BCUT2D eigenvalue weighted by Crippen LogP contribution is -2.69. The molecule has 6 nitrogen and oxygen atoms in total. The van der Waals surface area contributed by atoms with Crippen LogP contribution in [-0.4, -0.2) is 57.4 Å². The molecule has 1 aromatic heterocycles. The summed E-state index contributed by atoms with van der Waals surface area (Å²) >= 11 is 1.58. The van der Waals surface area contributed by atoms with Crippen LogP contribution in [0.3, 0.4) is 0 Å². The van der Waals surface area contributed by atoms with Gasteiger partial charge in [0.2, 0.25) is 0 Å². The summed E-state index contributed by atoms with van der Waals surface area (Å²) in [7, 11) is 0. The van der Waals surface area contributed by atoms with Gasteiger partial charge in [-0.15, -0.1) is 11.3 Å². The van der Waals surface area contributed by atoms with Gasteiger partial charge in [-0.25, -0.2) is 8.78 Å². The Morgan fingerprint density at radius 3 is 2.81 bits per heavy atom. The molecular formula is C27H31F2NO5S. The Morgan fingerprint density at radius 1 is 1.33 bits per heavy atom. The fourth-order valence-corrected chi connectivity index (χ4v) is 9.29. The first-order chi connectivity index (χ1) is 17.0. The maximum atomic E-state index is 17.4. The number of halogens is 2. The number of allylic oxidation sites excluding steroid dienone is 4. The summed E-state index contributed by atoms with van der Waals surface area (Å²) in [5.41, 5.74) is -5.96. The number of ketones is 2. The van der Waals surface area contributed by atoms with E-state index in [1.54, 1.807) is 23.3 Å². The van der Waals surface area contributed by atoms with E-state index in [4.69, 9.17) is 4.84 Å². The minimum atomic E-state index is -2.20. The molecule has 8 atom stereocenters. The molecule has 2 N–H and O–H groups in total. The van der Waals surface area contributed by atoms with E-state index >= 15 is 8.78 Å². The first-order valence-electron chi connectivity index (χ1n) is 12.6. The van der Waals surface area contributed by atoms with Crippen molar-refractivity contribution in [3.05, 3.63) is 45.9 Å². The van der Waals surface area contributed by atoms with Crippen LogP contribution in [0, 0.1) is 28.6 Å². The number of rotatable bonds is 4. The summed E-state index contributed by atoms with van der Waals surface area (Å²) in [4.78, 5) is 33.0. The average Bonchev–Trinajstić information content (AvgIpc) is 3.53. The number of alkyl halides is 1. The van der Waals surface area contributed by atoms with Crippen molar-refractivity contribution >= 4 is 22.9 Å². The summed E-state index contributed by atoms with van der Waals surface area (Å²) in [5.74, 6) is -2.94. The molecule has 1 saturated heterocycles. The topological polar surface area (TPSA) is 87.1 Å². The van der Waals surface area contributed by atoms with E-state index in [2.05, 4.69) is 0 Å². The number of carbonyl (C=O) groups is 2. The van der Waals surface area contributed by atoms with E-state index in [1.165, 1.54) is 12.2 Å². The van der Waals surface area contributed by atoms with Crippen molar-refractivity contribution in [2.75, 3.05) is 13.2 Å². The summed E-state index contributed by atoms with van der Waals surface area (Å²) < 4.78 is 32.9. The maximum absolute atomic E-state index is 17.4.